The molecule has 1 aromatic rings. The van der Waals surface area contributed by atoms with E-state index < -0.39 is 6.09 Å². The van der Waals surface area contributed by atoms with E-state index in [0.717, 1.165) is 0 Å². The average molecular weight is 204 g/mol. The summed E-state index contributed by atoms with van der Waals surface area (Å²) in [5, 5.41) is 0. The molecule has 0 bridgehead atoms. The second kappa shape index (κ2) is 5.66. The molecule has 1 amide bonds. The first-order valence-corrected chi connectivity index (χ1v) is 4.50. The summed E-state index contributed by atoms with van der Waals surface area (Å²) in [5.74, 6) is 2.94. The Hall–Kier alpha value is -2.02. The van der Waals surface area contributed by atoms with Gasteiger partial charge in [-0.25, -0.2) is 9.78 Å². The Balaban J connectivity index is 2.51. The second-order valence-electron chi connectivity index (χ2n) is 2.82. The van der Waals surface area contributed by atoms with Crippen LogP contribution in [0.2, 0.25) is 0 Å². The lowest BCUT2D eigenvalue weighted by atomic mass is 10.4. The molecule has 0 N–H and O–H groups in total. The minimum atomic E-state index is -0.455. The van der Waals surface area contributed by atoms with E-state index in [9.17, 15) is 4.79 Å². The first kappa shape index (κ1) is 11.1. The van der Waals surface area contributed by atoms with Gasteiger partial charge in [-0.2, -0.15) is 0 Å². The summed E-state index contributed by atoms with van der Waals surface area (Å²) in [6.07, 6.45) is 6.61. The van der Waals surface area contributed by atoms with Crippen LogP contribution in [0.4, 0.5) is 10.6 Å². The summed E-state index contributed by atoms with van der Waals surface area (Å²) in [4.78, 5) is 16.8. The highest BCUT2D eigenvalue weighted by atomic mass is 16.6. The van der Waals surface area contributed by atoms with E-state index in [1.165, 1.54) is 4.90 Å². The Morgan fingerprint density at radius 1 is 1.67 bits per heavy atom. The Bertz CT molecular complexity index is 357. The minimum absolute atomic E-state index is 0.229. The van der Waals surface area contributed by atoms with Gasteiger partial charge in [0.1, 0.15) is 12.4 Å². The maximum atomic E-state index is 11.4. The molecule has 0 aromatic carbocycles. The van der Waals surface area contributed by atoms with Crippen molar-refractivity contribution in [1.29, 1.82) is 0 Å². The van der Waals surface area contributed by atoms with Crippen LogP contribution in [0, 0.1) is 12.3 Å². The fourth-order valence-corrected chi connectivity index (χ4v) is 0.940. The van der Waals surface area contributed by atoms with Crippen molar-refractivity contribution in [2.75, 3.05) is 18.6 Å². The van der Waals surface area contributed by atoms with Gasteiger partial charge in [0, 0.05) is 19.7 Å². The van der Waals surface area contributed by atoms with Crippen molar-refractivity contribution in [3.63, 3.8) is 0 Å². The molecule has 0 unspecified atom stereocenters. The minimum Gasteiger partial charge on any atom is -0.448 e. The van der Waals surface area contributed by atoms with Crippen molar-refractivity contribution in [3.05, 3.63) is 24.4 Å². The number of carbonyl (C=O) groups excluding carboxylic acids is 1. The third-order valence-corrected chi connectivity index (χ3v) is 1.74. The van der Waals surface area contributed by atoms with Gasteiger partial charge in [-0.1, -0.05) is 6.07 Å². The highest BCUT2D eigenvalue weighted by Crippen LogP contribution is 2.07. The topological polar surface area (TPSA) is 42.4 Å². The zero-order chi connectivity index (χ0) is 11.1. The van der Waals surface area contributed by atoms with E-state index in [1.807, 2.05) is 0 Å². The zero-order valence-corrected chi connectivity index (χ0v) is 8.51. The van der Waals surface area contributed by atoms with Crippen LogP contribution < -0.4 is 4.90 Å². The van der Waals surface area contributed by atoms with Gasteiger partial charge in [0.25, 0.3) is 0 Å². The summed E-state index contributed by atoms with van der Waals surface area (Å²) in [5.41, 5.74) is 0. The molecule has 1 aromatic heterocycles. The molecule has 1 rings (SSSR count). The Morgan fingerprint density at radius 3 is 3.07 bits per heavy atom. The van der Waals surface area contributed by atoms with Crippen LogP contribution in [-0.4, -0.2) is 24.7 Å². The molecule has 0 radical (unpaired) electrons. The number of hydrogen-bond donors (Lipinski definition) is 0. The van der Waals surface area contributed by atoms with Crippen molar-refractivity contribution in [1.82, 2.24) is 4.98 Å². The molecule has 0 saturated heterocycles. The fraction of sp³-hybridized carbons (Fsp3) is 0.273. The van der Waals surface area contributed by atoms with Gasteiger partial charge in [-0.05, 0) is 12.1 Å². The van der Waals surface area contributed by atoms with Gasteiger partial charge in [-0.15, -0.1) is 12.3 Å². The summed E-state index contributed by atoms with van der Waals surface area (Å²) >= 11 is 0. The molecule has 0 saturated carbocycles. The number of pyridine rings is 1. The van der Waals surface area contributed by atoms with Crippen molar-refractivity contribution >= 4 is 11.9 Å². The first-order chi connectivity index (χ1) is 7.25. The molecule has 0 fully saturated rings. The smallest absolute Gasteiger partial charge is 0.415 e. The SMILES string of the molecule is C#CCCOC(=O)N(C)c1ccccn1. The maximum Gasteiger partial charge on any atom is 0.415 e. The number of aromatic nitrogens is 1. The number of terminal acetylenes is 1. The molecule has 4 heteroatoms. The molecular formula is C11H12N2O2. The zero-order valence-electron chi connectivity index (χ0n) is 8.51. The molecule has 0 aliphatic rings. The van der Waals surface area contributed by atoms with Crippen LogP contribution in [0.1, 0.15) is 6.42 Å². The Labute approximate surface area is 88.9 Å². The van der Waals surface area contributed by atoms with E-state index in [1.54, 1.807) is 31.4 Å². The number of hydrogen-bond acceptors (Lipinski definition) is 3. The van der Waals surface area contributed by atoms with Crippen molar-refractivity contribution < 1.29 is 9.53 Å². The number of ether oxygens (including phenoxy) is 1. The largest absolute Gasteiger partial charge is 0.448 e. The van der Waals surface area contributed by atoms with Crippen LogP contribution in [0.25, 0.3) is 0 Å². The highest BCUT2D eigenvalue weighted by Gasteiger charge is 2.11. The molecule has 0 atom stereocenters. The van der Waals surface area contributed by atoms with E-state index in [-0.39, 0.29) is 6.61 Å². The van der Waals surface area contributed by atoms with Crippen LogP contribution in [0.15, 0.2) is 24.4 Å². The average Bonchev–Trinajstić information content (AvgIpc) is 2.29. The van der Waals surface area contributed by atoms with E-state index in [0.29, 0.717) is 12.2 Å². The molecule has 1 heterocycles. The lowest BCUT2D eigenvalue weighted by molar-refractivity contribution is 0.157. The summed E-state index contributed by atoms with van der Waals surface area (Å²) in [6.45, 7) is 0.229. The predicted octanol–water partition coefficient (Wildman–Crippen LogP) is 1.68. The fourth-order valence-electron chi connectivity index (χ4n) is 0.940. The molecule has 0 aliphatic carbocycles. The van der Waals surface area contributed by atoms with Crippen LogP contribution in [-0.2, 0) is 4.74 Å². The maximum absolute atomic E-state index is 11.4. The molecule has 4 nitrogen and oxygen atoms in total. The molecule has 0 spiro atoms. The Morgan fingerprint density at radius 2 is 2.47 bits per heavy atom. The van der Waals surface area contributed by atoms with Crippen molar-refractivity contribution in [3.8, 4) is 12.3 Å². The quantitative estimate of drug-likeness (QED) is 0.555. The number of rotatable bonds is 3. The summed E-state index contributed by atoms with van der Waals surface area (Å²) in [6, 6.07) is 5.30. The Kier molecular flexibility index (Phi) is 4.17. The van der Waals surface area contributed by atoms with E-state index >= 15 is 0 Å². The number of anilines is 1. The lowest BCUT2D eigenvalue weighted by Gasteiger charge is -2.15. The molecule has 15 heavy (non-hydrogen) atoms. The monoisotopic (exact) mass is 204 g/mol. The van der Waals surface area contributed by atoms with Crippen molar-refractivity contribution in [2.24, 2.45) is 0 Å². The highest BCUT2D eigenvalue weighted by molar-refractivity contribution is 5.85. The predicted molar refractivity (Wildman–Crippen MR) is 57.4 cm³/mol. The van der Waals surface area contributed by atoms with Crippen molar-refractivity contribution in [2.45, 2.75) is 6.42 Å². The van der Waals surface area contributed by atoms with Gasteiger partial charge in [0.2, 0.25) is 0 Å². The van der Waals surface area contributed by atoms with Gasteiger partial charge >= 0.3 is 6.09 Å². The second-order valence-corrected chi connectivity index (χ2v) is 2.82. The van der Waals surface area contributed by atoms with Crippen LogP contribution >= 0.6 is 0 Å². The molecule has 0 aliphatic heterocycles. The van der Waals surface area contributed by atoms with E-state index in [2.05, 4.69) is 10.9 Å². The third kappa shape index (κ3) is 3.31. The van der Waals surface area contributed by atoms with Gasteiger partial charge < -0.3 is 4.74 Å². The first-order valence-electron chi connectivity index (χ1n) is 4.50. The number of amides is 1. The van der Waals surface area contributed by atoms with Gasteiger partial charge in [0.15, 0.2) is 0 Å². The summed E-state index contributed by atoms with van der Waals surface area (Å²) < 4.78 is 4.90. The molecular weight excluding hydrogens is 192 g/mol. The lowest BCUT2D eigenvalue weighted by Crippen LogP contribution is -2.28. The van der Waals surface area contributed by atoms with Crippen LogP contribution in [0.5, 0.6) is 0 Å². The normalized spacial score (nSPS) is 9.07. The van der Waals surface area contributed by atoms with Crippen LogP contribution in [0.3, 0.4) is 0 Å². The van der Waals surface area contributed by atoms with E-state index in [4.69, 9.17) is 11.2 Å². The summed E-state index contributed by atoms with van der Waals surface area (Å²) in [7, 11) is 1.60. The standard InChI is InChI=1S/C11H12N2O2/c1-3-4-9-15-11(14)13(2)10-7-5-6-8-12-10/h1,5-8H,4,9H2,2H3. The number of nitrogens with zero attached hydrogens (tertiary/aromatic N) is 2. The number of carbonyl (C=O) groups is 1. The van der Waals surface area contributed by atoms with Gasteiger partial charge in [-0.3, -0.25) is 4.90 Å². The molecule has 78 valence electrons. The third-order valence-electron chi connectivity index (χ3n) is 1.74. The van der Waals surface area contributed by atoms with Gasteiger partial charge in [0.05, 0.1) is 0 Å².